The fourth-order valence-corrected chi connectivity index (χ4v) is 4.96. The number of aliphatic hydroxyl groups excluding tert-OH is 3. The van der Waals surface area contributed by atoms with E-state index in [4.69, 9.17) is 0 Å². The predicted molar refractivity (Wildman–Crippen MR) is 148 cm³/mol. The van der Waals surface area contributed by atoms with Gasteiger partial charge in [-0.05, 0) is 25.8 Å². The lowest BCUT2D eigenvalue weighted by Gasteiger charge is -2.39. The molecule has 0 aromatic heterocycles. The highest BCUT2D eigenvalue weighted by Gasteiger charge is 2.22. The number of nitrogens with zero attached hydrogens (tertiary/aromatic N) is 2. The molecule has 35 heavy (non-hydrogen) atoms. The highest BCUT2D eigenvalue weighted by atomic mass is 19.0. The molecule has 0 saturated carbocycles. The molecule has 7 heteroatoms. The Labute approximate surface area is 216 Å². The van der Waals surface area contributed by atoms with E-state index in [1.165, 1.54) is 103 Å². The molecule has 0 aliphatic heterocycles. The maximum Gasteiger partial charge on any atom is 0.0621 e. The molecule has 0 amide bonds. The fourth-order valence-electron chi connectivity index (χ4n) is 4.96. The first-order chi connectivity index (χ1) is 16.2. The van der Waals surface area contributed by atoms with Gasteiger partial charge in [0.25, 0.3) is 0 Å². The van der Waals surface area contributed by atoms with E-state index in [-0.39, 0.29) is 35.4 Å². The summed E-state index contributed by atoms with van der Waals surface area (Å²) in [6.07, 6.45) is 24.0. The minimum Gasteiger partial charge on any atom is -0.396 e. The van der Waals surface area contributed by atoms with Crippen molar-refractivity contribution in [2.24, 2.45) is 0 Å². The number of hydrogen-bond acceptors (Lipinski definition) is 5. The Morgan fingerprint density at radius 2 is 0.771 bits per heavy atom. The fraction of sp³-hybridized carbons (Fsp3) is 1.00. The first-order valence-corrected chi connectivity index (χ1v) is 14.6. The molecular formula is C28H62F2N2O3. The molecule has 1 unspecified atom stereocenters. The second kappa shape index (κ2) is 31.7. The maximum atomic E-state index is 9.55. The zero-order valence-electron chi connectivity index (χ0n) is 23.3. The average molecular weight is 513 g/mol. The van der Waals surface area contributed by atoms with E-state index >= 15 is 0 Å². The molecular weight excluding hydrogens is 450 g/mol. The molecule has 0 heterocycles. The molecule has 0 rings (SSSR count). The average Bonchev–Trinajstić information content (AvgIpc) is 2.82. The summed E-state index contributed by atoms with van der Waals surface area (Å²) in [7, 11) is 0. The summed E-state index contributed by atoms with van der Waals surface area (Å²) in [6, 6.07) is 0. The van der Waals surface area contributed by atoms with Crippen LogP contribution in [0.15, 0.2) is 0 Å². The lowest BCUT2D eigenvalue weighted by atomic mass is 10.0. The van der Waals surface area contributed by atoms with Gasteiger partial charge >= 0.3 is 0 Å². The largest absolute Gasteiger partial charge is 0.396 e. The van der Waals surface area contributed by atoms with Crippen LogP contribution >= 0.6 is 0 Å². The number of rotatable bonds is 27. The van der Waals surface area contributed by atoms with Gasteiger partial charge in [-0.25, -0.2) is 0 Å². The van der Waals surface area contributed by atoms with Crippen LogP contribution in [0.1, 0.15) is 129 Å². The molecule has 0 aliphatic rings. The van der Waals surface area contributed by atoms with E-state index < -0.39 is 0 Å². The summed E-state index contributed by atoms with van der Waals surface area (Å²) in [5, 5.41) is 28.2. The summed E-state index contributed by atoms with van der Waals surface area (Å²) >= 11 is 0. The van der Waals surface area contributed by atoms with Gasteiger partial charge in [0, 0.05) is 26.2 Å². The molecule has 3 N–H and O–H groups in total. The lowest BCUT2D eigenvalue weighted by molar-refractivity contribution is 0.0140. The van der Waals surface area contributed by atoms with Gasteiger partial charge in [0.1, 0.15) is 0 Å². The molecule has 0 fully saturated rings. The Balaban J connectivity index is -0.00000512. The minimum absolute atomic E-state index is 0. The smallest absolute Gasteiger partial charge is 0.0621 e. The Hall–Kier alpha value is -0.340. The van der Waals surface area contributed by atoms with Crippen LogP contribution in [0.4, 0.5) is 9.41 Å². The Morgan fingerprint density at radius 3 is 1.09 bits per heavy atom. The van der Waals surface area contributed by atoms with Gasteiger partial charge in [0.2, 0.25) is 0 Å². The number of hydrogen-bond donors (Lipinski definition) is 3. The van der Waals surface area contributed by atoms with E-state index in [1.807, 2.05) is 0 Å². The van der Waals surface area contributed by atoms with E-state index in [0.717, 1.165) is 25.9 Å². The quantitative estimate of drug-likeness (QED) is 0.0895. The number of unbranched alkanes of at least 4 members (excludes halogenated alkanes) is 15. The Bertz CT molecular complexity index is 382. The molecule has 0 saturated heterocycles. The third-order valence-corrected chi connectivity index (χ3v) is 6.88. The lowest BCUT2D eigenvalue weighted by Crippen LogP contribution is -2.50. The van der Waals surface area contributed by atoms with Crippen molar-refractivity contribution in [3.05, 3.63) is 0 Å². The van der Waals surface area contributed by atoms with Crippen molar-refractivity contribution in [2.45, 2.75) is 136 Å². The molecule has 5 nitrogen and oxygen atoms in total. The molecule has 0 aromatic rings. The first-order valence-electron chi connectivity index (χ1n) is 14.6. The molecule has 1 atom stereocenters. The topological polar surface area (TPSA) is 67.2 Å². The van der Waals surface area contributed by atoms with Crippen LogP contribution in [0.25, 0.3) is 0 Å². The Morgan fingerprint density at radius 1 is 0.429 bits per heavy atom. The second-order valence-corrected chi connectivity index (χ2v) is 9.79. The van der Waals surface area contributed by atoms with Crippen molar-refractivity contribution >= 4 is 0 Å². The molecule has 0 aliphatic carbocycles. The van der Waals surface area contributed by atoms with Crippen molar-refractivity contribution in [3.63, 3.8) is 0 Å². The minimum atomic E-state index is 0. The van der Waals surface area contributed by atoms with Crippen LogP contribution in [-0.4, -0.2) is 77.3 Å². The molecule has 0 radical (unpaired) electrons. The normalized spacial score (nSPS) is 12.1. The zero-order chi connectivity index (χ0) is 24.4. The zero-order valence-corrected chi connectivity index (χ0v) is 23.3. The van der Waals surface area contributed by atoms with Gasteiger partial charge in [0.05, 0.1) is 19.4 Å². The predicted octanol–water partition coefficient (Wildman–Crippen LogP) is 6.26. The van der Waals surface area contributed by atoms with Crippen LogP contribution in [-0.2, 0) is 0 Å². The number of halogens is 2. The highest BCUT2D eigenvalue weighted by Crippen LogP contribution is 2.15. The van der Waals surface area contributed by atoms with Crippen molar-refractivity contribution in [3.8, 4) is 0 Å². The van der Waals surface area contributed by atoms with Gasteiger partial charge in [-0.15, -0.1) is 0 Å². The van der Waals surface area contributed by atoms with Crippen molar-refractivity contribution in [2.75, 3.05) is 46.0 Å². The molecule has 0 bridgehead atoms. The third-order valence-electron chi connectivity index (χ3n) is 6.88. The molecule has 216 valence electrons. The van der Waals surface area contributed by atoms with Gasteiger partial charge in [-0.1, -0.05) is 110 Å². The van der Waals surface area contributed by atoms with Crippen molar-refractivity contribution in [1.29, 1.82) is 0 Å². The van der Waals surface area contributed by atoms with Crippen molar-refractivity contribution in [1.82, 2.24) is 9.80 Å². The van der Waals surface area contributed by atoms with E-state index in [0.29, 0.717) is 13.1 Å². The van der Waals surface area contributed by atoms with Crippen LogP contribution in [0.5, 0.6) is 0 Å². The summed E-state index contributed by atoms with van der Waals surface area (Å²) in [6.45, 7) is 8.03. The van der Waals surface area contributed by atoms with Crippen molar-refractivity contribution < 1.29 is 24.7 Å². The summed E-state index contributed by atoms with van der Waals surface area (Å²) in [5.74, 6) is 0. The monoisotopic (exact) mass is 512 g/mol. The molecule has 0 aromatic carbocycles. The Kier molecular flexibility index (Phi) is 35.5. The van der Waals surface area contributed by atoms with E-state index in [2.05, 4.69) is 23.6 Å². The molecule has 0 spiro atoms. The van der Waals surface area contributed by atoms with Gasteiger partial charge in [0.15, 0.2) is 0 Å². The second-order valence-electron chi connectivity index (χ2n) is 9.79. The number of aliphatic hydroxyl groups is 3. The summed E-state index contributed by atoms with van der Waals surface area (Å²) in [5.41, 5.74) is 0. The first kappa shape index (κ1) is 39.2. The summed E-state index contributed by atoms with van der Waals surface area (Å²) in [4.78, 5) is 4.63. The third kappa shape index (κ3) is 23.8. The van der Waals surface area contributed by atoms with Crippen LogP contribution in [0.3, 0.4) is 0 Å². The van der Waals surface area contributed by atoms with Crippen LogP contribution < -0.4 is 0 Å². The maximum absolute atomic E-state index is 9.55. The van der Waals surface area contributed by atoms with Gasteiger partial charge in [-0.2, -0.15) is 0 Å². The van der Waals surface area contributed by atoms with Crippen LogP contribution in [0.2, 0.25) is 0 Å². The highest BCUT2D eigenvalue weighted by molar-refractivity contribution is 4.73. The SMILES string of the molecule is CCCCCCCCCCCCCCCCCCN(CCO)C(CC)N(CCO)CCCO.F.F. The van der Waals surface area contributed by atoms with E-state index in [9.17, 15) is 15.3 Å². The van der Waals surface area contributed by atoms with Gasteiger partial charge in [-0.3, -0.25) is 19.2 Å². The standard InChI is InChI=1S/C28H60N2O3.2FH/c1-3-5-6-7-8-9-10-11-12-13-14-15-16-17-18-19-21-29(23-26-32)28(4-2)30(24-27-33)22-20-25-31;;/h28,31-33H,3-27H2,1-2H3;2*1H. The van der Waals surface area contributed by atoms with Crippen LogP contribution in [0, 0.1) is 0 Å². The van der Waals surface area contributed by atoms with E-state index in [1.54, 1.807) is 0 Å². The van der Waals surface area contributed by atoms with Gasteiger partial charge < -0.3 is 15.3 Å². The summed E-state index contributed by atoms with van der Waals surface area (Å²) < 4.78 is 0.